The number of nitrogens with one attached hydrogen (secondary N) is 2. The molecule has 0 aliphatic carbocycles. The molecule has 28 heavy (non-hydrogen) atoms. The van der Waals surface area contributed by atoms with Crippen molar-refractivity contribution in [2.75, 3.05) is 12.9 Å². The molecule has 0 fully saturated rings. The van der Waals surface area contributed by atoms with Gasteiger partial charge in [-0.25, -0.2) is 13.1 Å². The van der Waals surface area contributed by atoms with Crippen molar-refractivity contribution in [1.29, 1.82) is 0 Å². The maximum Gasteiger partial charge on any atom is 0.241 e. The van der Waals surface area contributed by atoms with Crippen LogP contribution >= 0.6 is 11.8 Å². The molecular formula is C20H26N2O4S2. The van der Waals surface area contributed by atoms with E-state index in [0.29, 0.717) is 5.56 Å². The van der Waals surface area contributed by atoms with Gasteiger partial charge in [0.05, 0.1) is 17.8 Å². The van der Waals surface area contributed by atoms with Crippen LogP contribution in [0.15, 0.2) is 58.3 Å². The Hall–Kier alpha value is -2.03. The molecule has 0 bridgehead atoms. The number of hydrogen-bond acceptors (Lipinski definition) is 5. The molecule has 0 saturated heterocycles. The van der Waals surface area contributed by atoms with Gasteiger partial charge in [0, 0.05) is 17.0 Å². The first-order valence-electron chi connectivity index (χ1n) is 8.76. The summed E-state index contributed by atoms with van der Waals surface area (Å²) in [5.74, 6) is 0.828. The van der Waals surface area contributed by atoms with Gasteiger partial charge in [-0.1, -0.05) is 18.2 Å². The van der Waals surface area contributed by atoms with Crippen LogP contribution in [0.2, 0.25) is 0 Å². The molecule has 0 aliphatic heterocycles. The van der Waals surface area contributed by atoms with Crippen LogP contribution in [0.5, 0.6) is 5.75 Å². The number of methoxy groups -OCH3 is 1. The molecule has 0 aliphatic rings. The lowest BCUT2D eigenvalue weighted by molar-refractivity contribution is -0.118. The van der Waals surface area contributed by atoms with Crippen LogP contribution in [0.25, 0.3) is 0 Å². The van der Waals surface area contributed by atoms with Crippen LogP contribution in [0.3, 0.4) is 0 Å². The largest absolute Gasteiger partial charge is 0.497 e. The molecule has 0 heterocycles. The number of carbonyl (C=O) groups is 1. The van der Waals surface area contributed by atoms with E-state index in [1.54, 1.807) is 52.1 Å². The average Bonchev–Trinajstić information content (AvgIpc) is 2.63. The molecule has 2 N–H and O–H groups in total. The molecule has 2 rings (SSSR count). The first kappa shape index (κ1) is 22.3. The number of amides is 1. The predicted molar refractivity (Wildman–Crippen MR) is 112 cm³/mol. The van der Waals surface area contributed by atoms with E-state index in [-0.39, 0.29) is 23.1 Å². The first-order chi connectivity index (χ1) is 13.1. The molecule has 0 aromatic heterocycles. The fourth-order valence-corrected chi connectivity index (χ4v) is 4.82. The van der Waals surface area contributed by atoms with E-state index in [1.807, 2.05) is 24.3 Å². The number of ether oxygens (including phenoxy) is 1. The van der Waals surface area contributed by atoms with E-state index in [4.69, 9.17) is 4.74 Å². The summed E-state index contributed by atoms with van der Waals surface area (Å²) >= 11 is 1.40. The molecule has 6 nitrogen and oxygen atoms in total. The fourth-order valence-electron chi connectivity index (χ4n) is 2.44. The molecule has 2 aromatic rings. The Morgan fingerprint density at radius 2 is 1.71 bits per heavy atom. The van der Waals surface area contributed by atoms with E-state index < -0.39 is 15.6 Å². The molecule has 152 valence electrons. The maximum atomic E-state index is 12.6. The van der Waals surface area contributed by atoms with Gasteiger partial charge in [-0.3, -0.25) is 4.79 Å². The summed E-state index contributed by atoms with van der Waals surface area (Å²) in [4.78, 5) is 13.3. The van der Waals surface area contributed by atoms with Crippen molar-refractivity contribution in [1.82, 2.24) is 10.0 Å². The summed E-state index contributed by atoms with van der Waals surface area (Å²) in [5, 5.41) is 2.79. The van der Waals surface area contributed by atoms with E-state index in [0.717, 1.165) is 10.6 Å². The third kappa shape index (κ3) is 6.85. The number of benzene rings is 2. The Kier molecular flexibility index (Phi) is 7.51. The van der Waals surface area contributed by atoms with Crippen molar-refractivity contribution in [2.45, 2.75) is 42.6 Å². The highest BCUT2D eigenvalue weighted by Crippen LogP contribution is 2.21. The second-order valence-electron chi connectivity index (χ2n) is 7.20. The van der Waals surface area contributed by atoms with Gasteiger partial charge in [-0.15, -0.1) is 11.8 Å². The number of carbonyl (C=O) groups excluding carboxylic acids is 1. The average molecular weight is 423 g/mol. The van der Waals surface area contributed by atoms with E-state index in [1.165, 1.54) is 11.8 Å². The summed E-state index contributed by atoms with van der Waals surface area (Å²) in [5.41, 5.74) is -0.0495. The Labute approximate surface area is 171 Å². The summed E-state index contributed by atoms with van der Waals surface area (Å²) in [6.45, 7) is 5.49. The van der Waals surface area contributed by atoms with Gasteiger partial charge >= 0.3 is 0 Å². The topological polar surface area (TPSA) is 84.5 Å². The molecule has 2 aromatic carbocycles. The first-order valence-corrected chi connectivity index (χ1v) is 11.2. The second-order valence-corrected chi connectivity index (χ2v) is 9.90. The quantitative estimate of drug-likeness (QED) is 0.639. The monoisotopic (exact) mass is 422 g/mol. The number of thioether (sulfide) groups is 1. The van der Waals surface area contributed by atoms with Crippen LogP contribution in [-0.4, -0.2) is 32.7 Å². The second kappa shape index (κ2) is 9.45. The number of rotatable bonds is 8. The van der Waals surface area contributed by atoms with Gasteiger partial charge < -0.3 is 10.1 Å². The molecule has 0 radical (unpaired) electrons. The van der Waals surface area contributed by atoms with Crippen molar-refractivity contribution < 1.29 is 17.9 Å². The van der Waals surface area contributed by atoms with Crippen molar-refractivity contribution in [3.8, 4) is 5.75 Å². The highest BCUT2D eigenvalue weighted by atomic mass is 32.2. The van der Waals surface area contributed by atoms with Gasteiger partial charge in [-0.05, 0) is 56.7 Å². The van der Waals surface area contributed by atoms with Gasteiger partial charge in [0.25, 0.3) is 0 Å². The third-order valence-corrected chi connectivity index (χ3v) is 6.48. The zero-order valence-corrected chi connectivity index (χ0v) is 18.1. The van der Waals surface area contributed by atoms with Gasteiger partial charge in [0.15, 0.2) is 0 Å². The molecule has 1 amide bonds. The smallest absolute Gasteiger partial charge is 0.241 e. The Balaban J connectivity index is 1.97. The van der Waals surface area contributed by atoms with Crippen LogP contribution in [-0.2, 0) is 21.4 Å². The highest BCUT2D eigenvalue weighted by molar-refractivity contribution is 8.00. The number of hydrogen-bond donors (Lipinski definition) is 2. The standard InChI is InChI=1S/C20H26N2O4S2/c1-20(2,3)22-28(24,25)18-8-6-5-7-15(18)13-21-19(23)14-27-17-11-9-16(26-4)10-12-17/h5-12,22H,13-14H2,1-4H3,(H,21,23). The lowest BCUT2D eigenvalue weighted by Crippen LogP contribution is -2.41. The van der Waals surface area contributed by atoms with Crippen LogP contribution < -0.4 is 14.8 Å². The minimum atomic E-state index is -3.68. The van der Waals surface area contributed by atoms with Crippen LogP contribution in [0, 0.1) is 0 Å². The molecule has 0 spiro atoms. The van der Waals surface area contributed by atoms with Gasteiger partial charge in [-0.2, -0.15) is 0 Å². The Morgan fingerprint density at radius 1 is 1.07 bits per heavy atom. The highest BCUT2D eigenvalue weighted by Gasteiger charge is 2.24. The van der Waals surface area contributed by atoms with Crippen LogP contribution in [0.4, 0.5) is 0 Å². The lowest BCUT2D eigenvalue weighted by atomic mass is 10.1. The molecule has 8 heteroatoms. The Morgan fingerprint density at radius 3 is 2.32 bits per heavy atom. The Bertz CT molecular complexity index is 905. The zero-order chi connectivity index (χ0) is 20.8. The maximum absolute atomic E-state index is 12.6. The fraction of sp³-hybridized carbons (Fsp3) is 0.350. The van der Waals surface area contributed by atoms with Crippen LogP contribution in [0.1, 0.15) is 26.3 Å². The number of sulfonamides is 1. The molecule has 0 saturated carbocycles. The summed E-state index contributed by atoms with van der Waals surface area (Å²) in [6, 6.07) is 14.1. The van der Waals surface area contributed by atoms with Crippen molar-refractivity contribution in [3.63, 3.8) is 0 Å². The van der Waals surface area contributed by atoms with E-state index in [2.05, 4.69) is 10.0 Å². The molecule has 0 unspecified atom stereocenters. The summed E-state index contributed by atoms with van der Waals surface area (Å²) in [7, 11) is -2.07. The van der Waals surface area contributed by atoms with Gasteiger partial charge in [0.2, 0.25) is 15.9 Å². The molecule has 0 atom stereocenters. The minimum absolute atomic E-state index is 0.142. The molecular weight excluding hydrogens is 396 g/mol. The lowest BCUT2D eigenvalue weighted by Gasteiger charge is -2.21. The van der Waals surface area contributed by atoms with Crippen molar-refractivity contribution in [3.05, 3.63) is 54.1 Å². The SMILES string of the molecule is COc1ccc(SCC(=O)NCc2ccccc2S(=O)(=O)NC(C)(C)C)cc1. The zero-order valence-electron chi connectivity index (χ0n) is 16.5. The minimum Gasteiger partial charge on any atom is -0.497 e. The van der Waals surface area contributed by atoms with Crippen molar-refractivity contribution in [2.24, 2.45) is 0 Å². The van der Waals surface area contributed by atoms with E-state index in [9.17, 15) is 13.2 Å². The normalized spacial score (nSPS) is 11.9. The summed E-state index contributed by atoms with van der Waals surface area (Å²) in [6.07, 6.45) is 0. The third-order valence-electron chi connectivity index (χ3n) is 3.61. The van der Waals surface area contributed by atoms with E-state index >= 15 is 0 Å². The summed E-state index contributed by atoms with van der Waals surface area (Å²) < 4.78 is 33.0. The van der Waals surface area contributed by atoms with Crippen molar-refractivity contribution >= 4 is 27.7 Å². The predicted octanol–water partition coefficient (Wildman–Crippen LogP) is 3.18. The van der Waals surface area contributed by atoms with Gasteiger partial charge in [0.1, 0.15) is 5.75 Å².